The van der Waals surface area contributed by atoms with Crippen molar-refractivity contribution in [2.24, 2.45) is 5.73 Å². The summed E-state index contributed by atoms with van der Waals surface area (Å²) >= 11 is 0. The van der Waals surface area contributed by atoms with E-state index in [2.05, 4.69) is 11.9 Å². The zero-order chi connectivity index (χ0) is 14.4. The van der Waals surface area contributed by atoms with Crippen LogP contribution in [0.3, 0.4) is 0 Å². The fourth-order valence-corrected chi connectivity index (χ4v) is 2.79. The van der Waals surface area contributed by atoms with Gasteiger partial charge in [-0.25, -0.2) is 0 Å². The van der Waals surface area contributed by atoms with Crippen molar-refractivity contribution in [3.8, 4) is 5.75 Å². The van der Waals surface area contributed by atoms with Gasteiger partial charge in [0.25, 0.3) is 0 Å². The Hall–Kier alpha value is -1.10. The van der Waals surface area contributed by atoms with Crippen LogP contribution >= 0.6 is 0 Å². The van der Waals surface area contributed by atoms with E-state index >= 15 is 0 Å². The number of hydrogen-bond donors (Lipinski definition) is 2. The third kappa shape index (κ3) is 4.47. The number of nitrogens with two attached hydrogens (primary N) is 1. The van der Waals surface area contributed by atoms with Crippen molar-refractivity contribution in [3.05, 3.63) is 29.8 Å². The summed E-state index contributed by atoms with van der Waals surface area (Å²) in [5.74, 6) is 0.782. The van der Waals surface area contributed by atoms with Gasteiger partial charge in [0.15, 0.2) is 0 Å². The number of likely N-dealkylation sites (N-methyl/N-ethyl adjacent to an activating group) is 1. The average molecular weight is 278 g/mol. The molecular weight excluding hydrogens is 252 g/mol. The van der Waals surface area contributed by atoms with Gasteiger partial charge in [0.05, 0.1) is 0 Å². The normalized spacial score (nSPS) is 17.6. The predicted octanol–water partition coefficient (Wildman–Crippen LogP) is 1.76. The van der Waals surface area contributed by atoms with Gasteiger partial charge in [-0.3, -0.25) is 0 Å². The highest BCUT2D eigenvalue weighted by molar-refractivity contribution is 5.27. The van der Waals surface area contributed by atoms with E-state index in [0.29, 0.717) is 25.7 Å². The molecule has 1 aliphatic rings. The highest BCUT2D eigenvalue weighted by Crippen LogP contribution is 2.22. The molecule has 3 N–H and O–H groups in total. The lowest BCUT2D eigenvalue weighted by Crippen LogP contribution is -2.38. The Morgan fingerprint density at radius 3 is 2.55 bits per heavy atom. The van der Waals surface area contributed by atoms with Crippen LogP contribution in [-0.2, 0) is 6.54 Å². The van der Waals surface area contributed by atoms with Crippen molar-refractivity contribution in [2.75, 3.05) is 20.2 Å². The summed E-state index contributed by atoms with van der Waals surface area (Å²) in [5, 5.41) is 10.1. The van der Waals surface area contributed by atoms with Crippen LogP contribution in [0.15, 0.2) is 24.3 Å². The monoisotopic (exact) mass is 278 g/mol. The van der Waals surface area contributed by atoms with E-state index in [1.54, 1.807) is 0 Å². The Morgan fingerprint density at radius 1 is 1.30 bits per heavy atom. The van der Waals surface area contributed by atoms with Crippen molar-refractivity contribution in [1.82, 2.24) is 4.90 Å². The standard InChI is InChI=1S/C16H26N2O2/c1-18(14-4-2-3-5-14)11-15(19)12-20-16-8-6-13(10-17)7-9-16/h6-9,14-15,19H,2-5,10-12,17H2,1H3. The minimum absolute atomic E-state index is 0.332. The molecule has 0 heterocycles. The first-order valence-corrected chi connectivity index (χ1v) is 7.49. The molecular formula is C16H26N2O2. The lowest BCUT2D eigenvalue weighted by Gasteiger charge is -2.26. The summed E-state index contributed by atoms with van der Waals surface area (Å²) in [7, 11) is 2.09. The quantitative estimate of drug-likeness (QED) is 0.798. The SMILES string of the molecule is CN(CC(O)COc1ccc(CN)cc1)C1CCCC1. The largest absolute Gasteiger partial charge is 0.491 e. The van der Waals surface area contributed by atoms with E-state index in [1.807, 2.05) is 24.3 Å². The molecule has 1 atom stereocenters. The first kappa shape index (κ1) is 15.3. The zero-order valence-electron chi connectivity index (χ0n) is 12.3. The molecule has 1 fully saturated rings. The van der Waals surface area contributed by atoms with Crippen LogP contribution in [0, 0.1) is 0 Å². The Morgan fingerprint density at radius 2 is 1.95 bits per heavy atom. The number of aliphatic hydroxyl groups excluding tert-OH is 1. The maximum Gasteiger partial charge on any atom is 0.119 e. The van der Waals surface area contributed by atoms with E-state index < -0.39 is 6.10 Å². The minimum Gasteiger partial charge on any atom is -0.491 e. The Bertz CT molecular complexity index is 388. The molecule has 0 aliphatic heterocycles. The van der Waals surface area contributed by atoms with Crippen LogP contribution in [0.25, 0.3) is 0 Å². The predicted molar refractivity (Wildman–Crippen MR) is 80.7 cm³/mol. The molecule has 4 heteroatoms. The van der Waals surface area contributed by atoms with Gasteiger partial charge in [-0.05, 0) is 37.6 Å². The van der Waals surface area contributed by atoms with E-state index in [0.717, 1.165) is 11.3 Å². The third-order valence-corrected chi connectivity index (χ3v) is 4.05. The third-order valence-electron chi connectivity index (χ3n) is 4.05. The average Bonchev–Trinajstić information content (AvgIpc) is 3.00. The molecule has 4 nitrogen and oxygen atoms in total. The minimum atomic E-state index is -0.449. The number of ether oxygens (including phenoxy) is 1. The van der Waals surface area contributed by atoms with Crippen LogP contribution in [0.1, 0.15) is 31.2 Å². The van der Waals surface area contributed by atoms with Crippen LogP contribution in [0.4, 0.5) is 0 Å². The summed E-state index contributed by atoms with van der Waals surface area (Å²) in [6.45, 7) is 1.54. The summed E-state index contributed by atoms with van der Waals surface area (Å²) in [4.78, 5) is 2.26. The van der Waals surface area contributed by atoms with Gasteiger partial charge in [-0.2, -0.15) is 0 Å². The van der Waals surface area contributed by atoms with E-state index in [4.69, 9.17) is 10.5 Å². The molecule has 0 spiro atoms. The molecule has 2 rings (SSSR count). The maximum atomic E-state index is 10.1. The first-order valence-electron chi connectivity index (χ1n) is 7.49. The molecule has 0 aromatic heterocycles. The number of nitrogens with zero attached hydrogens (tertiary/aromatic N) is 1. The van der Waals surface area contributed by atoms with Crippen molar-refractivity contribution >= 4 is 0 Å². The summed E-state index contributed by atoms with van der Waals surface area (Å²) in [6.07, 6.45) is 4.69. The van der Waals surface area contributed by atoms with Gasteiger partial charge in [-0.1, -0.05) is 25.0 Å². The van der Waals surface area contributed by atoms with Crippen molar-refractivity contribution in [1.29, 1.82) is 0 Å². The zero-order valence-corrected chi connectivity index (χ0v) is 12.3. The molecule has 0 amide bonds. The topological polar surface area (TPSA) is 58.7 Å². The molecule has 20 heavy (non-hydrogen) atoms. The number of hydrogen-bond acceptors (Lipinski definition) is 4. The summed E-state index contributed by atoms with van der Waals surface area (Å²) < 4.78 is 5.61. The second-order valence-electron chi connectivity index (χ2n) is 5.69. The molecule has 1 aromatic rings. The maximum absolute atomic E-state index is 10.1. The van der Waals surface area contributed by atoms with E-state index in [9.17, 15) is 5.11 Å². The Labute approximate surface area is 121 Å². The van der Waals surface area contributed by atoms with Gasteiger partial charge in [0, 0.05) is 19.1 Å². The molecule has 1 aliphatic carbocycles. The van der Waals surface area contributed by atoms with Crippen LogP contribution in [-0.4, -0.2) is 42.4 Å². The van der Waals surface area contributed by atoms with E-state index in [-0.39, 0.29) is 0 Å². The Balaban J connectivity index is 1.72. The molecule has 0 radical (unpaired) electrons. The second kappa shape index (κ2) is 7.62. The van der Waals surface area contributed by atoms with Gasteiger partial charge >= 0.3 is 0 Å². The van der Waals surface area contributed by atoms with Gasteiger partial charge < -0.3 is 20.5 Å². The van der Waals surface area contributed by atoms with Crippen molar-refractivity contribution in [3.63, 3.8) is 0 Å². The molecule has 0 bridgehead atoms. The van der Waals surface area contributed by atoms with E-state index in [1.165, 1.54) is 25.7 Å². The fourth-order valence-electron chi connectivity index (χ4n) is 2.79. The van der Waals surface area contributed by atoms with Crippen LogP contribution in [0.2, 0.25) is 0 Å². The molecule has 1 unspecified atom stereocenters. The van der Waals surface area contributed by atoms with Crippen molar-refractivity contribution < 1.29 is 9.84 Å². The molecule has 0 saturated heterocycles. The highest BCUT2D eigenvalue weighted by Gasteiger charge is 2.21. The fraction of sp³-hybridized carbons (Fsp3) is 0.625. The summed E-state index contributed by atoms with van der Waals surface area (Å²) in [6, 6.07) is 8.33. The van der Waals surface area contributed by atoms with Crippen molar-refractivity contribution in [2.45, 2.75) is 44.4 Å². The number of benzene rings is 1. The lowest BCUT2D eigenvalue weighted by molar-refractivity contribution is 0.0638. The molecule has 112 valence electrons. The Kier molecular flexibility index (Phi) is 5.83. The number of rotatable bonds is 7. The van der Waals surface area contributed by atoms with Crippen LogP contribution in [0.5, 0.6) is 5.75 Å². The van der Waals surface area contributed by atoms with Crippen LogP contribution < -0.4 is 10.5 Å². The first-order chi connectivity index (χ1) is 9.69. The second-order valence-corrected chi connectivity index (χ2v) is 5.69. The highest BCUT2D eigenvalue weighted by atomic mass is 16.5. The number of aliphatic hydroxyl groups is 1. The smallest absolute Gasteiger partial charge is 0.119 e. The van der Waals surface area contributed by atoms with Gasteiger partial charge in [0.2, 0.25) is 0 Å². The molecule has 1 saturated carbocycles. The van der Waals surface area contributed by atoms with Gasteiger partial charge in [0.1, 0.15) is 18.5 Å². The molecule has 1 aromatic carbocycles. The van der Waals surface area contributed by atoms with Gasteiger partial charge in [-0.15, -0.1) is 0 Å². The summed E-state index contributed by atoms with van der Waals surface area (Å²) in [5.41, 5.74) is 6.63. The lowest BCUT2D eigenvalue weighted by atomic mass is 10.2.